The zero-order valence-corrected chi connectivity index (χ0v) is 28.6. The van der Waals surface area contributed by atoms with Crippen molar-refractivity contribution in [1.82, 2.24) is 25.4 Å². The van der Waals surface area contributed by atoms with Gasteiger partial charge in [0.1, 0.15) is 24.0 Å². The van der Waals surface area contributed by atoms with Crippen molar-refractivity contribution in [3.63, 3.8) is 0 Å². The van der Waals surface area contributed by atoms with Gasteiger partial charge in [-0.15, -0.1) is 18.3 Å². The van der Waals surface area contributed by atoms with E-state index in [-0.39, 0.29) is 28.4 Å². The van der Waals surface area contributed by atoms with Crippen LogP contribution in [0.5, 0.6) is 11.5 Å². The lowest BCUT2D eigenvalue weighted by atomic mass is 10.00. The van der Waals surface area contributed by atoms with E-state index in [4.69, 9.17) is 17.0 Å². The average molecular weight is 728 g/mol. The molecule has 12 nitrogen and oxygen atoms in total. The summed E-state index contributed by atoms with van der Waals surface area (Å²) in [6, 6.07) is 18.1. The molecule has 262 valence electrons. The summed E-state index contributed by atoms with van der Waals surface area (Å²) >= 11 is 6.72. The minimum atomic E-state index is -4.78. The number of carbonyl (C=O) groups is 2. The molecule has 0 spiro atoms. The number of carbonyl (C=O) groups excluding carboxylic acids is 1. The molecule has 50 heavy (non-hydrogen) atoms. The molecule has 2 amide bonds. The maximum atomic E-state index is 13.0. The van der Waals surface area contributed by atoms with Crippen LogP contribution in [0.25, 0.3) is 17.1 Å². The van der Waals surface area contributed by atoms with E-state index in [0.717, 1.165) is 11.1 Å². The number of amides is 2. The number of hydrogen-bond donors (Lipinski definition) is 3. The third kappa shape index (κ3) is 9.29. The molecule has 17 heteroatoms. The van der Waals surface area contributed by atoms with Crippen LogP contribution >= 0.6 is 24.0 Å². The predicted molar refractivity (Wildman–Crippen MR) is 187 cm³/mol. The van der Waals surface area contributed by atoms with Gasteiger partial charge in [-0.25, -0.2) is 14.5 Å². The van der Waals surface area contributed by atoms with Crippen molar-refractivity contribution in [2.45, 2.75) is 45.1 Å². The molecule has 4 aromatic rings. The number of nitrogens with one attached hydrogen (secondary N) is 2. The van der Waals surface area contributed by atoms with Gasteiger partial charge in [-0.3, -0.25) is 9.69 Å². The normalized spacial score (nSPS) is 14.6. The highest BCUT2D eigenvalue weighted by Crippen LogP contribution is 2.36. The number of aromatic nitrogens is 3. The fourth-order valence-corrected chi connectivity index (χ4v) is 6.22. The number of ether oxygens (including phenoxy) is 2. The van der Waals surface area contributed by atoms with Gasteiger partial charge in [0.25, 0.3) is 0 Å². The van der Waals surface area contributed by atoms with Gasteiger partial charge in [-0.05, 0) is 72.4 Å². The van der Waals surface area contributed by atoms with Crippen LogP contribution in [-0.2, 0) is 11.2 Å². The molecule has 1 atom stereocenters. The molecule has 2 heterocycles. The van der Waals surface area contributed by atoms with E-state index >= 15 is 0 Å². The van der Waals surface area contributed by atoms with Gasteiger partial charge in [-0.2, -0.15) is 4.99 Å². The Balaban J connectivity index is 1.23. The molecule has 1 aromatic heterocycles. The molecule has 0 saturated carbocycles. The van der Waals surface area contributed by atoms with Crippen LogP contribution in [0.15, 0.2) is 78.0 Å². The third-order valence-corrected chi connectivity index (χ3v) is 8.55. The Morgan fingerprint density at radius 3 is 2.42 bits per heavy atom. The Bertz CT molecular complexity index is 1880. The molecule has 0 aliphatic carbocycles. The van der Waals surface area contributed by atoms with Crippen molar-refractivity contribution in [3.8, 4) is 28.6 Å². The quantitative estimate of drug-likeness (QED) is 0.116. The van der Waals surface area contributed by atoms with E-state index in [9.17, 15) is 27.9 Å². The molecule has 3 N–H and O–H groups in total. The van der Waals surface area contributed by atoms with Gasteiger partial charge < -0.3 is 25.2 Å². The predicted octanol–water partition coefficient (Wildman–Crippen LogP) is 6.50. The summed E-state index contributed by atoms with van der Waals surface area (Å²) in [5, 5.41) is 19.7. The Hall–Kier alpha value is -5.16. The minimum absolute atomic E-state index is 0.0134. The second-order valence-electron chi connectivity index (χ2n) is 11.2. The Kier molecular flexibility index (Phi) is 11.3. The number of carboxylic acid groups (broad SMARTS) is 1. The SMILES string of the molecule is COc1ccc(C(C)C)c(N2C(=O)CSC2=NC(=S)NC(CCc2ccc(-c3ncn(-c4ccc(OC(F)(F)F)cc4)n3)cc2)NC(=O)O)c1. The van der Waals surface area contributed by atoms with Gasteiger partial charge in [-0.1, -0.05) is 55.9 Å². The summed E-state index contributed by atoms with van der Waals surface area (Å²) in [5.74, 6) is 0.770. The van der Waals surface area contributed by atoms with Crippen LogP contribution in [-0.4, -0.2) is 67.5 Å². The van der Waals surface area contributed by atoms with Crippen LogP contribution in [0.1, 0.15) is 37.3 Å². The molecular formula is C33H32F3N7O5S2. The summed E-state index contributed by atoms with van der Waals surface area (Å²) in [6.07, 6.45) is -4.58. The Morgan fingerprint density at radius 1 is 1.08 bits per heavy atom. The van der Waals surface area contributed by atoms with E-state index < -0.39 is 18.6 Å². The third-order valence-electron chi connectivity index (χ3n) is 7.42. The number of thioether (sulfide) groups is 1. The first kappa shape index (κ1) is 36.1. The number of aryl methyl sites for hydroxylation is 1. The van der Waals surface area contributed by atoms with Gasteiger partial charge in [0, 0.05) is 11.6 Å². The molecule has 1 unspecified atom stereocenters. The lowest BCUT2D eigenvalue weighted by Crippen LogP contribution is -2.47. The lowest BCUT2D eigenvalue weighted by molar-refractivity contribution is -0.274. The van der Waals surface area contributed by atoms with Crippen molar-refractivity contribution in [3.05, 3.63) is 84.2 Å². The van der Waals surface area contributed by atoms with Crippen molar-refractivity contribution in [2.24, 2.45) is 4.99 Å². The van der Waals surface area contributed by atoms with Crippen molar-refractivity contribution >= 4 is 51.9 Å². The number of aliphatic imine (C=N–C) groups is 1. The summed E-state index contributed by atoms with van der Waals surface area (Å²) in [7, 11) is 1.55. The first-order chi connectivity index (χ1) is 23.8. The first-order valence-electron chi connectivity index (χ1n) is 15.2. The van der Waals surface area contributed by atoms with Gasteiger partial charge >= 0.3 is 12.5 Å². The molecular weight excluding hydrogens is 696 g/mol. The number of amidine groups is 1. The number of thiocarbonyl (C=S) groups is 1. The smallest absolute Gasteiger partial charge is 0.497 e. The topological polar surface area (TPSA) is 143 Å². The van der Waals surface area contributed by atoms with Crippen LogP contribution in [0.3, 0.4) is 0 Å². The fraction of sp³-hybridized carbons (Fsp3) is 0.273. The lowest BCUT2D eigenvalue weighted by Gasteiger charge is -2.23. The molecule has 0 radical (unpaired) electrons. The fourth-order valence-electron chi connectivity index (χ4n) is 5.06. The van der Waals surface area contributed by atoms with Gasteiger partial charge in [0.15, 0.2) is 16.1 Å². The summed E-state index contributed by atoms with van der Waals surface area (Å²) in [5.41, 5.74) is 3.67. The highest BCUT2D eigenvalue weighted by atomic mass is 32.2. The highest BCUT2D eigenvalue weighted by molar-refractivity contribution is 8.15. The molecule has 3 aromatic carbocycles. The monoisotopic (exact) mass is 727 g/mol. The molecule has 1 saturated heterocycles. The van der Waals surface area contributed by atoms with Crippen molar-refractivity contribution < 1.29 is 37.3 Å². The van der Waals surface area contributed by atoms with Crippen LogP contribution in [0, 0.1) is 0 Å². The zero-order chi connectivity index (χ0) is 36.0. The largest absolute Gasteiger partial charge is 0.573 e. The van der Waals surface area contributed by atoms with Gasteiger partial charge in [0.2, 0.25) is 5.91 Å². The number of anilines is 1. The number of halogens is 3. The maximum Gasteiger partial charge on any atom is 0.573 e. The van der Waals surface area contributed by atoms with E-state index in [2.05, 4.69) is 30.4 Å². The van der Waals surface area contributed by atoms with Crippen molar-refractivity contribution in [1.29, 1.82) is 0 Å². The molecule has 1 fully saturated rings. The van der Waals surface area contributed by atoms with Gasteiger partial charge in [0.05, 0.1) is 24.2 Å². The Morgan fingerprint density at radius 2 is 1.78 bits per heavy atom. The molecule has 0 bridgehead atoms. The molecule has 1 aliphatic heterocycles. The average Bonchev–Trinajstić information content (AvgIpc) is 3.70. The maximum absolute atomic E-state index is 13.0. The van der Waals surface area contributed by atoms with Crippen LogP contribution < -0.4 is 25.0 Å². The second kappa shape index (κ2) is 15.6. The standard InChI is InChI=1S/C33H32F3N7O5S2/c1-19(2)25-14-13-24(47-3)16-26(25)43-28(44)17-50-31(43)40-30(49)38-27(39-32(45)46)15-6-20-4-7-21(8-5-20)29-37-18-42(41-29)22-9-11-23(12-10-22)48-33(34,35)36/h4-5,7-14,16,18-19,27,39H,6,15,17H2,1-3H3,(H,38,49)(H,45,46). The summed E-state index contributed by atoms with van der Waals surface area (Å²) < 4.78 is 48.1. The van der Waals surface area contributed by atoms with Crippen LogP contribution in [0.2, 0.25) is 0 Å². The zero-order valence-electron chi connectivity index (χ0n) is 27.0. The molecule has 5 rings (SSSR count). The highest BCUT2D eigenvalue weighted by Gasteiger charge is 2.33. The minimum Gasteiger partial charge on any atom is -0.497 e. The molecule has 1 aliphatic rings. The van der Waals surface area contributed by atoms with Crippen molar-refractivity contribution in [2.75, 3.05) is 17.8 Å². The summed E-state index contributed by atoms with van der Waals surface area (Å²) in [6.45, 7) is 4.04. The summed E-state index contributed by atoms with van der Waals surface area (Å²) in [4.78, 5) is 34.9. The number of hydrogen-bond acceptors (Lipinski definition) is 8. The van der Waals surface area contributed by atoms with Crippen LogP contribution in [0.4, 0.5) is 23.7 Å². The second-order valence-corrected chi connectivity index (χ2v) is 12.6. The number of alkyl halides is 3. The first-order valence-corrected chi connectivity index (χ1v) is 16.6. The number of methoxy groups -OCH3 is 1. The van der Waals surface area contributed by atoms with E-state index in [1.54, 1.807) is 13.2 Å². The van der Waals surface area contributed by atoms with E-state index in [0.29, 0.717) is 46.5 Å². The number of benzene rings is 3. The Labute approximate surface area is 294 Å². The van der Waals surface area contributed by atoms with E-state index in [1.165, 1.54) is 51.9 Å². The number of rotatable bonds is 11. The number of nitrogens with zero attached hydrogens (tertiary/aromatic N) is 5. The van der Waals surface area contributed by atoms with E-state index in [1.807, 2.05) is 50.2 Å².